The number of hydrogen-bond acceptors (Lipinski definition) is 4. The molecule has 2 aliphatic carbocycles. The summed E-state index contributed by atoms with van der Waals surface area (Å²) in [6.45, 7) is 13.4. The lowest BCUT2D eigenvalue weighted by atomic mass is 9.81. The van der Waals surface area contributed by atoms with Gasteiger partial charge in [0, 0.05) is 0 Å². The molecule has 0 spiro atoms. The van der Waals surface area contributed by atoms with E-state index in [9.17, 15) is 0 Å². The molecule has 0 radical (unpaired) electrons. The van der Waals surface area contributed by atoms with Crippen molar-refractivity contribution in [3.8, 4) is 0 Å². The van der Waals surface area contributed by atoms with Gasteiger partial charge in [-0.05, 0) is 123 Å². The molecule has 0 unspecified atom stereocenters. The van der Waals surface area contributed by atoms with E-state index in [-0.39, 0.29) is 11.0 Å². The minimum absolute atomic E-state index is 0.0422. The summed E-state index contributed by atoms with van der Waals surface area (Å²) in [5.74, 6) is 0. The number of benzene rings is 2. The lowest BCUT2D eigenvalue weighted by Gasteiger charge is -2.24. The van der Waals surface area contributed by atoms with Crippen LogP contribution in [0.4, 0.5) is 17.1 Å². The van der Waals surface area contributed by atoms with Crippen molar-refractivity contribution in [3.63, 3.8) is 0 Å². The summed E-state index contributed by atoms with van der Waals surface area (Å²) in [7, 11) is 0. The topological polar surface area (TPSA) is 49.4 Å². The molecule has 0 heterocycles. The van der Waals surface area contributed by atoms with Gasteiger partial charge in [-0.15, -0.1) is 0 Å². The highest BCUT2D eigenvalue weighted by molar-refractivity contribution is 6.20. The van der Waals surface area contributed by atoms with Crippen LogP contribution >= 0.6 is 0 Å². The van der Waals surface area contributed by atoms with Gasteiger partial charge in [-0.3, -0.25) is 4.99 Å². The maximum absolute atomic E-state index is 4.86. The molecule has 2 aromatic rings. The molecule has 2 aromatic carbocycles. The summed E-state index contributed by atoms with van der Waals surface area (Å²) in [6, 6.07) is 16.6. The number of hydrogen-bond donors (Lipinski definition) is 0. The van der Waals surface area contributed by atoms with E-state index in [2.05, 4.69) is 65.8 Å². The molecule has 0 atom stereocenters. The van der Waals surface area contributed by atoms with Crippen molar-refractivity contribution in [2.24, 2.45) is 20.0 Å². The van der Waals surface area contributed by atoms with Crippen molar-refractivity contribution in [2.75, 3.05) is 0 Å². The first-order valence-corrected chi connectivity index (χ1v) is 14.4. The van der Waals surface area contributed by atoms with E-state index in [0.717, 1.165) is 52.8 Å². The Hall–Kier alpha value is -3.92. The van der Waals surface area contributed by atoms with Crippen molar-refractivity contribution >= 4 is 39.9 Å². The lowest BCUT2D eigenvalue weighted by Crippen LogP contribution is -2.18. The van der Waals surface area contributed by atoms with E-state index in [4.69, 9.17) is 20.0 Å². The SMILES string of the molecule is CCCC(C)(C)N=C1C=CC(=Nc2ccc(N=C3C=CC(=Nc4ccc(C(C)(C)CCC)cc4)C=C3)cc2)C=C1. The minimum Gasteiger partial charge on any atom is -0.279 e. The van der Waals surface area contributed by atoms with Crippen LogP contribution in [0.5, 0.6) is 0 Å². The molecule has 4 rings (SSSR count). The Kier molecular flexibility index (Phi) is 9.42. The van der Waals surface area contributed by atoms with E-state index in [1.165, 1.54) is 18.4 Å². The summed E-state index contributed by atoms with van der Waals surface area (Å²) in [5, 5.41) is 0. The Bertz CT molecular complexity index is 1380. The molecule has 4 nitrogen and oxygen atoms in total. The first-order chi connectivity index (χ1) is 19.2. The Balaban J connectivity index is 1.36. The van der Waals surface area contributed by atoms with Gasteiger partial charge in [0.05, 0.1) is 45.4 Å². The molecule has 40 heavy (non-hydrogen) atoms. The zero-order valence-electron chi connectivity index (χ0n) is 24.9. The summed E-state index contributed by atoms with van der Waals surface area (Å²) >= 11 is 0. The summed E-state index contributed by atoms with van der Waals surface area (Å²) in [5.41, 5.74) is 7.98. The Labute approximate surface area is 240 Å². The van der Waals surface area contributed by atoms with Gasteiger partial charge in [0.15, 0.2) is 0 Å². The zero-order valence-corrected chi connectivity index (χ0v) is 24.9. The van der Waals surface area contributed by atoms with Crippen LogP contribution in [0.3, 0.4) is 0 Å². The fraction of sp³-hybridized carbons (Fsp3) is 0.333. The van der Waals surface area contributed by atoms with E-state index >= 15 is 0 Å². The number of rotatable bonds is 9. The molecule has 0 N–H and O–H groups in total. The smallest absolute Gasteiger partial charge is 0.0638 e. The molecule has 4 heteroatoms. The summed E-state index contributed by atoms with van der Waals surface area (Å²) in [4.78, 5) is 19.1. The van der Waals surface area contributed by atoms with Gasteiger partial charge in [-0.2, -0.15) is 0 Å². The van der Waals surface area contributed by atoms with Crippen molar-refractivity contribution in [1.82, 2.24) is 0 Å². The highest BCUT2D eigenvalue weighted by Crippen LogP contribution is 2.30. The van der Waals surface area contributed by atoms with Crippen LogP contribution in [-0.2, 0) is 5.41 Å². The first-order valence-electron chi connectivity index (χ1n) is 14.4. The summed E-state index contributed by atoms with van der Waals surface area (Å²) < 4.78 is 0. The molecule has 206 valence electrons. The second-order valence-corrected chi connectivity index (χ2v) is 11.7. The molecule has 0 aromatic heterocycles. The molecule has 0 saturated carbocycles. The standard InChI is InChI=1S/C36H42N4/c1-7-25-35(3,4)27-9-11-28(12-10-27)37-29-13-15-30(16-14-29)38-31-17-19-32(20-18-31)39-33-21-23-34(24-22-33)40-36(5,6)26-8-2/h9-24H,7-8,25-26H2,1-6H3. The highest BCUT2D eigenvalue weighted by atomic mass is 14.8. The number of nitrogens with zero attached hydrogens (tertiary/aromatic N) is 4. The fourth-order valence-electron chi connectivity index (χ4n) is 5.03. The largest absolute Gasteiger partial charge is 0.279 e. The van der Waals surface area contributed by atoms with E-state index in [0.29, 0.717) is 0 Å². The molecule has 0 fully saturated rings. The second-order valence-electron chi connectivity index (χ2n) is 11.7. The van der Waals surface area contributed by atoms with Gasteiger partial charge in [0.25, 0.3) is 0 Å². The van der Waals surface area contributed by atoms with Crippen LogP contribution < -0.4 is 0 Å². The van der Waals surface area contributed by atoms with Gasteiger partial charge >= 0.3 is 0 Å². The number of allylic oxidation sites excluding steroid dienone is 8. The van der Waals surface area contributed by atoms with Crippen molar-refractivity contribution in [3.05, 3.63) is 103 Å². The van der Waals surface area contributed by atoms with Crippen LogP contribution in [0.2, 0.25) is 0 Å². The first kappa shape index (κ1) is 29.1. The van der Waals surface area contributed by atoms with E-state index in [1.807, 2.05) is 72.9 Å². The van der Waals surface area contributed by atoms with Crippen LogP contribution in [0.1, 0.15) is 72.8 Å². The summed E-state index contributed by atoms with van der Waals surface area (Å²) in [6.07, 6.45) is 20.7. The van der Waals surface area contributed by atoms with Gasteiger partial charge < -0.3 is 0 Å². The highest BCUT2D eigenvalue weighted by Gasteiger charge is 2.19. The predicted molar refractivity (Wildman–Crippen MR) is 175 cm³/mol. The molecular weight excluding hydrogens is 488 g/mol. The van der Waals surface area contributed by atoms with Gasteiger partial charge in [0.2, 0.25) is 0 Å². The second kappa shape index (κ2) is 13.0. The third kappa shape index (κ3) is 8.29. The average Bonchev–Trinajstić information content (AvgIpc) is 2.92. The third-order valence-corrected chi connectivity index (χ3v) is 7.14. The molecule has 0 amide bonds. The average molecular weight is 531 g/mol. The maximum atomic E-state index is 4.86. The monoisotopic (exact) mass is 530 g/mol. The maximum Gasteiger partial charge on any atom is 0.0638 e. The van der Waals surface area contributed by atoms with E-state index in [1.54, 1.807) is 0 Å². The zero-order chi connectivity index (χ0) is 28.6. The van der Waals surface area contributed by atoms with Crippen LogP contribution in [0, 0.1) is 0 Å². The minimum atomic E-state index is -0.0422. The number of aliphatic imine (C=N–C) groups is 4. The molecule has 0 saturated heterocycles. The Morgan fingerprint density at radius 3 is 1.20 bits per heavy atom. The molecular formula is C36H42N4. The Morgan fingerprint density at radius 2 is 0.825 bits per heavy atom. The predicted octanol–water partition coefficient (Wildman–Crippen LogP) is 9.95. The third-order valence-electron chi connectivity index (χ3n) is 7.14. The van der Waals surface area contributed by atoms with Gasteiger partial charge in [-0.1, -0.05) is 52.7 Å². The van der Waals surface area contributed by atoms with Crippen LogP contribution in [0.15, 0.2) is 117 Å². The van der Waals surface area contributed by atoms with Gasteiger partial charge in [0.1, 0.15) is 0 Å². The van der Waals surface area contributed by atoms with Crippen LogP contribution in [-0.4, -0.2) is 28.4 Å². The van der Waals surface area contributed by atoms with Crippen molar-refractivity contribution in [2.45, 2.75) is 78.2 Å². The van der Waals surface area contributed by atoms with Crippen molar-refractivity contribution in [1.29, 1.82) is 0 Å². The quantitative estimate of drug-likeness (QED) is 0.290. The normalized spacial score (nSPS) is 15.1. The lowest BCUT2D eigenvalue weighted by molar-refractivity contribution is 0.473. The molecule has 0 aliphatic heterocycles. The molecule has 0 bridgehead atoms. The van der Waals surface area contributed by atoms with E-state index < -0.39 is 0 Å². The Morgan fingerprint density at radius 1 is 0.475 bits per heavy atom. The van der Waals surface area contributed by atoms with Gasteiger partial charge in [-0.25, -0.2) is 15.0 Å². The van der Waals surface area contributed by atoms with Crippen LogP contribution in [0.25, 0.3) is 0 Å². The fourth-order valence-corrected chi connectivity index (χ4v) is 5.03. The van der Waals surface area contributed by atoms with Crippen molar-refractivity contribution < 1.29 is 0 Å². The molecule has 2 aliphatic rings.